The lowest BCUT2D eigenvalue weighted by Crippen LogP contribution is -2.49. The van der Waals surface area contributed by atoms with Crippen molar-refractivity contribution in [2.75, 3.05) is 92.1 Å². The molecule has 5 aromatic carbocycles. The number of piperazine rings is 1. The van der Waals surface area contributed by atoms with Crippen molar-refractivity contribution in [1.82, 2.24) is 34.7 Å². The second-order valence-corrected chi connectivity index (χ2v) is 20.3. The summed E-state index contributed by atoms with van der Waals surface area (Å²) in [5.41, 5.74) is 6.97. The molecular formula is C58H65Cl2N7O7S. The zero-order chi connectivity index (χ0) is 51.8. The summed E-state index contributed by atoms with van der Waals surface area (Å²) in [5, 5.41) is 19.4. The molecule has 4 heterocycles. The van der Waals surface area contributed by atoms with Gasteiger partial charge < -0.3 is 38.5 Å². The maximum absolute atomic E-state index is 13.2. The Morgan fingerprint density at radius 3 is 2.28 bits per heavy atom. The fraction of sp³-hybridized carbons (Fsp3) is 0.379. The number of carbonyl (C=O) groups excluding carboxylic acids is 2. The molecule has 0 saturated carbocycles. The highest BCUT2D eigenvalue weighted by molar-refractivity contribution is 7.13. The van der Waals surface area contributed by atoms with Crippen LogP contribution < -0.4 is 5.32 Å². The van der Waals surface area contributed by atoms with Gasteiger partial charge in [0.1, 0.15) is 0 Å². The van der Waals surface area contributed by atoms with Crippen LogP contribution in [0.25, 0.3) is 43.0 Å². The second-order valence-electron chi connectivity index (χ2n) is 18.5. The summed E-state index contributed by atoms with van der Waals surface area (Å²) in [5.74, 6) is 0.0332. The zero-order valence-electron chi connectivity index (χ0n) is 42.5. The Hall–Kier alpha value is -5.72. The minimum absolute atomic E-state index is 0.123. The molecule has 1 atom stereocenters. The third-order valence-electron chi connectivity index (χ3n) is 13.5. The standard InChI is InChI=1S/C58H65Cl2N7O7S/c1-2-67-53-19-15-46(36-51(53)49-17-14-45(37-54(49)67)56-10-6-34-75-56)58(69)61-20-26-70-28-30-72-32-33-73-31-29-71-27-25-66-39-48(62-63-66)9-5-11-57(68)65-23-21-64(22-24-65)40-55(50-18-16-47(59)38-52(50)60)74-41-42-12-13-43-7-3-4-8-44(43)35-42/h3-4,6-8,10,12-19,34-39,55H,2,5,9,11,20-33,40-41H2,1H3,(H,61,69). The Balaban J connectivity index is 0.579. The Kier molecular flexibility index (Phi) is 19.7. The van der Waals surface area contributed by atoms with E-state index in [2.05, 4.69) is 98.1 Å². The number of amides is 2. The van der Waals surface area contributed by atoms with Crippen LogP contribution in [0.4, 0.5) is 0 Å². The Morgan fingerprint density at radius 2 is 1.52 bits per heavy atom. The molecule has 0 aliphatic carbocycles. The smallest absolute Gasteiger partial charge is 0.251 e. The minimum Gasteiger partial charge on any atom is -0.377 e. The molecular weight excluding hydrogens is 1010 g/mol. The van der Waals surface area contributed by atoms with Gasteiger partial charge in [-0.05, 0) is 95.6 Å². The molecule has 394 valence electrons. The van der Waals surface area contributed by atoms with Gasteiger partial charge in [-0.15, -0.1) is 16.4 Å². The molecule has 1 fully saturated rings. The summed E-state index contributed by atoms with van der Waals surface area (Å²) in [7, 11) is 0. The highest BCUT2D eigenvalue weighted by Crippen LogP contribution is 2.35. The monoisotopic (exact) mass is 1070 g/mol. The van der Waals surface area contributed by atoms with Gasteiger partial charge in [-0.1, -0.05) is 89.1 Å². The van der Waals surface area contributed by atoms with Gasteiger partial charge in [0.25, 0.3) is 5.91 Å². The number of thiophene rings is 1. The predicted molar refractivity (Wildman–Crippen MR) is 298 cm³/mol. The maximum atomic E-state index is 13.2. The number of nitrogens with zero attached hydrogens (tertiary/aromatic N) is 6. The Bertz CT molecular complexity index is 3120. The normalized spacial score (nSPS) is 13.6. The lowest BCUT2D eigenvalue weighted by Gasteiger charge is -2.36. The molecule has 3 aromatic heterocycles. The molecule has 0 radical (unpaired) electrons. The zero-order valence-corrected chi connectivity index (χ0v) is 44.8. The van der Waals surface area contributed by atoms with Crippen molar-refractivity contribution in [3.63, 3.8) is 0 Å². The summed E-state index contributed by atoms with van der Waals surface area (Å²) in [6.45, 7) is 11.4. The van der Waals surface area contributed by atoms with Crippen LogP contribution in [0.15, 0.2) is 121 Å². The minimum atomic E-state index is -0.267. The molecule has 1 unspecified atom stereocenters. The molecule has 75 heavy (non-hydrogen) atoms. The molecule has 1 saturated heterocycles. The van der Waals surface area contributed by atoms with Crippen molar-refractivity contribution < 1.29 is 33.3 Å². The summed E-state index contributed by atoms with van der Waals surface area (Å²) >= 11 is 14.7. The van der Waals surface area contributed by atoms with Crippen LogP contribution in [-0.2, 0) is 54.6 Å². The van der Waals surface area contributed by atoms with E-state index in [-0.39, 0.29) is 17.9 Å². The van der Waals surface area contributed by atoms with Crippen LogP contribution in [-0.4, -0.2) is 133 Å². The third-order valence-corrected chi connectivity index (χ3v) is 15.0. The van der Waals surface area contributed by atoms with Gasteiger partial charge in [0.2, 0.25) is 5.91 Å². The van der Waals surface area contributed by atoms with Crippen LogP contribution in [0, 0.1) is 0 Å². The molecule has 14 nitrogen and oxygen atoms in total. The molecule has 0 bridgehead atoms. The van der Waals surface area contributed by atoms with Crippen LogP contribution in [0.2, 0.25) is 10.0 Å². The van der Waals surface area contributed by atoms with Crippen molar-refractivity contribution in [3.05, 3.63) is 153 Å². The molecule has 1 N–H and O–H groups in total. The SMILES string of the molecule is CCn1c2ccc(C(=O)NCCOCCOCCOCCOCCn3cc(CCCC(=O)N4CCN(CC(OCc5ccc6ccccc6c5)c5ccc(Cl)cc5Cl)CC4)nn3)cc2c2ccc(-c3cccs3)cc21. The average molecular weight is 1080 g/mol. The highest BCUT2D eigenvalue weighted by atomic mass is 35.5. The molecule has 1 aliphatic rings. The summed E-state index contributed by atoms with van der Waals surface area (Å²) < 4.78 is 33.3. The number of hydrogen-bond acceptors (Lipinski definition) is 11. The van der Waals surface area contributed by atoms with E-state index in [1.165, 1.54) is 26.7 Å². The lowest BCUT2D eigenvalue weighted by molar-refractivity contribution is -0.133. The number of fused-ring (bicyclic) bond motifs is 4. The Labute approximate surface area is 452 Å². The van der Waals surface area contributed by atoms with Crippen LogP contribution in [0.3, 0.4) is 0 Å². The van der Waals surface area contributed by atoms with E-state index in [1.807, 2.05) is 53.6 Å². The van der Waals surface area contributed by atoms with Crippen molar-refractivity contribution in [2.45, 2.75) is 52.0 Å². The van der Waals surface area contributed by atoms with Crippen LogP contribution in [0.5, 0.6) is 0 Å². The van der Waals surface area contributed by atoms with Gasteiger partial charge in [-0.25, -0.2) is 4.68 Å². The first kappa shape index (κ1) is 54.1. The third kappa shape index (κ3) is 14.8. The van der Waals surface area contributed by atoms with E-state index >= 15 is 0 Å². The average Bonchev–Trinajstić information content (AvgIpc) is 4.21. The second kappa shape index (κ2) is 27.4. The van der Waals surface area contributed by atoms with Crippen molar-refractivity contribution in [1.29, 1.82) is 0 Å². The number of hydrogen-bond donors (Lipinski definition) is 1. The summed E-state index contributed by atoms with van der Waals surface area (Å²) in [6.07, 6.45) is 3.48. The number of ether oxygens (including phenoxy) is 5. The van der Waals surface area contributed by atoms with Crippen molar-refractivity contribution >= 4 is 78.9 Å². The maximum Gasteiger partial charge on any atom is 0.251 e. The number of aromatic nitrogens is 4. The van der Waals surface area contributed by atoms with Gasteiger partial charge >= 0.3 is 0 Å². The number of halogens is 2. The lowest BCUT2D eigenvalue weighted by atomic mass is 10.1. The van der Waals surface area contributed by atoms with Crippen LogP contribution >= 0.6 is 34.5 Å². The number of benzene rings is 5. The molecule has 8 aromatic rings. The molecule has 0 spiro atoms. The van der Waals surface area contributed by atoms with E-state index < -0.39 is 0 Å². The van der Waals surface area contributed by atoms with E-state index in [1.54, 1.807) is 22.1 Å². The summed E-state index contributed by atoms with van der Waals surface area (Å²) in [4.78, 5) is 31.8. The fourth-order valence-corrected chi connectivity index (χ4v) is 10.8. The van der Waals surface area contributed by atoms with Gasteiger partial charge in [0.05, 0.1) is 77.8 Å². The van der Waals surface area contributed by atoms with Crippen LogP contribution in [0.1, 0.15) is 53.0 Å². The highest BCUT2D eigenvalue weighted by Gasteiger charge is 2.26. The van der Waals surface area contributed by atoms with E-state index in [9.17, 15) is 9.59 Å². The van der Waals surface area contributed by atoms with E-state index in [0.717, 1.165) is 52.7 Å². The first-order chi connectivity index (χ1) is 36.8. The number of aryl methyl sites for hydroxylation is 2. The fourth-order valence-electron chi connectivity index (χ4n) is 9.52. The van der Waals surface area contributed by atoms with Crippen molar-refractivity contribution in [3.8, 4) is 10.4 Å². The number of carbonyl (C=O) groups is 2. The van der Waals surface area contributed by atoms with Gasteiger partial charge in [0.15, 0.2) is 0 Å². The van der Waals surface area contributed by atoms with Crippen molar-refractivity contribution in [2.24, 2.45) is 0 Å². The van der Waals surface area contributed by atoms with Gasteiger partial charge in [-0.3, -0.25) is 14.5 Å². The summed E-state index contributed by atoms with van der Waals surface area (Å²) in [6, 6.07) is 37.0. The number of nitrogens with one attached hydrogen (secondary N) is 1. The molecule has 1 aliphatic heterocycles. The number of rotatable bonds is 28. The Morgan fingerprint density at radius 1 is 0.747 bits per heavy atom. The van der Waals surface area contributed by atoms with E-state index in [4.69, 9.17) is 46.9 Å². The largest absolute Gasteiger partial charge is 0.377 e. The topological polar surface area (TPSA) is 134 Å². The molecule has 2 amide bonds. The van der Waals surface area contributed by atoms with Gasteiger partial charge in [0, 0.05) is 106 Å². The van der Waals surface area contributed by atoms with Gasteiger partial charge in [-0.2, -0.15) is 0 Å². The van der Waals surface area contributed by atoms with E-state index in [0.29, 0.717) is 127 Å². The first-order valence-corrected chi connectivity index (χ1v) is 27.6. The molecule has 17 heteroatoms. The first-order valence-electron chi connectivity index (χ1n) is 25.9. The quantitative estimate of drug-likeness (QED) is 0.0473. The predicted octanol–water partition coefficient (Wildman–Crippen LogP) is 10.5. The molecule has 9 rings (SSSR count).